The lowest BCUT2D eigenvalue weighted by Gasteiger charge is -2.31. The molecular formula is C21H29N2O5P. The molecule has 0 saturated carbocycles. The number of rotatable bonds is 11. The van der Waals surface area contributed by atoms with Crippen molar-refractivity contribution in [3.05, 3.63) is 75.8 Å². The van der Waals surface area contributed by atoms with Gasteiger partial charge < -0.3 is 13.9 Å². The van der Waals surface area contributed by atoms with Crippen molar-refractivity contribution >= 4 is 13.3 Å². The Labute approximate surface area is 172 Å². The highest BCUT2D eigenvalue weighted by Crippen LogP contribution is 2.65. The maximum Gasteiger partial charge on any atom is 0.338 e. The first-order valence-electron chi connectivity index (χ1n) is 9.65. The van der Waals surface area contributed by atoms with Gasteiger partial charge in [-0.2, -0.15) is 0 Å². The van der Waals surface area contributed by atoms with E-state index >= 15 is 0 Å². The minimum Gasteiger partial charge on any atom is -0.378 e. The number of nitro groups is 1. The summed E-state index contributed by atoms with van der Waals surface area (Å²) in [6, 6.07) is 16.6. The van der Waals surface area contributed by atoms with E-state index in [4.69, 9.17) is 9.05 Å². The lowest BCUT2D eigenvalue weighted by molar-refractivity contribution is -0.483. The van der Waals surface area contributed by atoms with Crippen LogP contribution in [0.5, 0.6) is 0 Å². The van der Waals surface area contributed by atoms with E-state index in [0.29, 0.717) is 5.56 Å². The molecule has 2 aromatic rings. The first-order valence-corrected chi connectivity index (χ1v) is 11.3. The topological polar surface area (TPSA) is 81.9 Å². The van der Waals surface area contributed by atoms with E-state index < -0.39 is 19.2 Å². The number of hydrogen-bond donors (Lipinski definition) is 0. The Morgan fingerprint density at radius 3 is 1.97 bits per heavy atom. The van der Waals surface area contributed by atoms with E-state index in [1.54, 1.807) is 13.8 Å². The van der Waals surface area contributed by atoms with E-state index in [1.807, 2.05) is 73.6 Å². The highest BCUT2D eigenvalue weighted by Gasteiger charge is 2.45. The van der Waals surface area contributed by atoms with Crippen LogP contribution in [0.25, 0.3) is 0 Å². The Morgan fingerprint density at radius 1 is 0.966 bits per heavy atom. The van der Waals surface area contributed by atoms with Gasteiger partial charge >= 0.3 is 7.60 Å². The Bertz CT molecular complexity index is 817. The van der Waals surface area contributed by atoms with Crippen LogP contribution in [-0.4, -0.2) is 38.8 Å². The van der Waals surface area contributed by atoms with E-state index in [2.05, 4.69) is 0 Å². The Balaban J connectivity index is 2.63. The summed E-state index contributed by atoms with van der Waals surface area (Å²) in [6.45, 7) is 3.46. The second-order valence-corrected chi connectivity index (χ2v) is 8.99. The lowest BCUT2D eigenvalue weighted by Crippen LogP contribution is -2.22. The van der Waals surface area contributed by atoms with Crippen molar-refractivity contribution in [2.45, 2.75) is 25.4 Å². The second kappa shape index (κ2) is 10.5. The van der Waals surface area contributed by atoms with Crippen LogP contribution in [0.3, 0.4) is 0 Å². The van der Waals surface area contributed by atoms with E-state index in [9.17, 15) is 14.7 Å². The molecule has 0 bridgehead atoms. The quantitative estimate of drug-likeness (QED) is 0.285. The molecule has 7 nitrogen and oxygen atoms in total. The number of anilines is 1. The van der Waals surface area contributed by atoms with Crippen molar-refractivity contribution < 1.29 is 18.5 Å². The van der Waals surface area contributed by atoms with Crippen LogP contribution in [-0.2, 0) is 13.6 Å². The average Bonchev–Trinajstić information content (AvgIpc) is 2.68. The highest BCUT2D eigenvalue weighted by atomic mass is 31.2. The molecule has 0 aromatic heterocycles. The summed E-state index contributed by atoms with van der Waals surface area (Å²) in [6.07, 6.45) is 0. The largest absolute Gasteiger partial charge is 0.378 e. The molecule has 2 aromatic carbocycles. The van der Waals surface area contributed by atoms with Gasteiger partial charge in [-0.05, 0) is 37.1 Å². The monoisotopic (exact) mass is 420 g/mol. The van der Waals surface area contributed by atoms with Crippen LogP contribution in [0, 0.1) is 10.1 Å². The maximum atomic E-state index is 13.8. The zero-order chi connectivity index (χ0) is 21.4. The van der Waals surface area contributed by atoms with Crippen molar-refractivity contribution in [1.29, 1.82) is 0 Å². The minimum atomic E-state index is -3.67. The van der Waals surface area contributed by atoms with E-state index in [0.717, 1.165) is 11.3 Å². The van der Waals surface area contributed by atoms with Crippen molar-refractivity contribution in [3.63, 3.8) is 0 Å². The first kappa shape index (κ1) is 23.1. The van der Waals surface area contributed by atoms with Gasteiger partial charge in [0.2, 0.25) is 6.54 Å². The summed E-state index contributed by atoms with van der Waals surface area (Å²) in [5.41, 5.74) is 1.60. The normalized spacial score (nSPS) is 13.7. The van der Waals surface area contributed by atoms with Gasteiger partial charge in [0.1, 0.15) is 0 Å². The highest BCUT2D eigenvalue weighted by molar-refractivity contribution is 7.54. The Morgan fingerprint density at radius 2 is 1.52 bits per heavy atom. The fraction of sp³-hybridized carbons (Fsp3) is 0.429. The second-order valence-electron chi connectivity index (χ2n) is 6.84. The minimum absolute atomic E-state index is 0.186. The van der Waals surface area contributed by atoms with Crippen LogP contribution in [0.4, 0.5) is 5.69 Å². The van der Waals surface area contributed by atoms with Gasteiger partial charge in [-0.3, -0.25) is 14.7 Å². The van der Waals surface area contributed by atoms with Crippen molar-refractivity contribution in [1.82, 2.24) is 0 Å². The molecule has 2 atom stereocenters. The molecule has 0 radical (unpaired) electrons. The van der Waals surface area contributed by atoms with Gasteiger partial charge in [-0.25, -0.2) is 0 Å². The van der Waals surface area contributed by atoms with Gasteiger partial charge in [-0.15, -0.1) is 0 Å². The van der Waals surface area contributed by atoms with Crippen LogP contribution in [0.2, 0.25) is 0 Å². The Hall–Kier alpha value is -2.21. The van der Waals surface area contributed by atoms with Crippen molar-refractivity contribution in [2.24, 2.45) is 0 Å². The molecule has 0 N–H and O–H groups in total. The lowest BCUT2D eigenvalue weighted by atomic mass is 9.91. The average molecular weight is 420 g/mol. The number of nitrogens with zero attached hydrogens (tertiary/aromatic N) is 2. The molecule has 8 heteroatoms. The molecule has 0 aliphatic heterocycles. The molecule has 29 heavy (non-hydrogen) atoms. The molecule has 0 spiro atoms. The summed E-state index contributed by atoms with van der Waals surface area (Å²) in [5, 5.41) is 11.6. The molecule has 2 rings (SSSR count). The third kappa shape index (κ3) is 5.89. The van der Waals surface area contributed by atoms with Crippen LogP contribution < -0.4 is 4.90 Å². The molecule has 0 heterocycles. The van der Waals surface area contributed by atoms with E-state index in [1.165, 1.54) is 0 Å². The SMILES string of the molecule is CCOP(=O)(OCC)[C@@H](c1ccccc1)[C@@H](C[N+](=O)[O-])c1ccc(N(C)C)cc1. The summed E-state index contributed by atoms with van der Waals surface area (Å²) in [4.78, 5) is 13.1. The van der Waals surface area contributed by atoms with Crippen LogP contribution in [0.15, 0.2) is 54.6 Å². The molecule has 158 valence electrons. The van der Waals surface area contributed by atoms with Gasteiger partial charge in [0.05, 0.1) is 24.8 Å². The summed E-state index contributed by atoms with van der Waals surface area (Å²) in [7, 11) is 0.176. The standard InChI is InChI=1S/C21H29N2O5P/c1-5-27-29(26,28-6-2)21(18-10-8-7-9-11-18)20(16-23(24)25)17-12-14-19(15-13-17)22(3)4/h7-15,20-21H,5-6,16H2,1-4H3/t20-,21-/m0/s1. The van der Waals surface area contributed by atoms with Crippen molar-refractivity contribution in [3.8, 4) is 0 Å². The fourth-order valence-electron chi connectivity index (χ4n) is 3.41. The van der Waals surface area contributed by atoms with Crippen molar-refractivity contribution in [2.75, 3.05) is 38.8 Å². The molecule has 0 unspecified atom stereocenters. The molecule has 0 fully saturated rings. The zero-order valence-electron chi connectivity index (χ0n) is 17.4. The first-order chi connectivity index (χ1) is 13.8. The summed E-state index contributed by atoms with van der Waals surface area (Å²) >= 11 is 0. The maximum absolute atomic E-state index is 13.8. The van der Waals surface area contributed by atoms with Crippen LogP contribution >= 0.6 is 7.60 Å². The predicted octanol–water partition coefficient (Wildman–Crippen LogP) is 5.12. The summed E-state index contributed by atoms with van der Waals surface area (Å²) < 4.78 is 25.1. The fourth-order valence-corrected chi connectivity index (χ4v) is 5.77. The van der Waals surface area contributed by atoms with Gasteiger partial charge in [-0.1, -0.05) is 42.5 Å². The zero-order valence-corrected chi connectivity index (χ0v) is 18.2. The molecule has 0 aliphatic rings. The molecular weight excluding hydrogens is 391 g/mol. The number of benzene rings is 2. The van der Waals surface area contributed by atoms with Crippen LogP contribution in [0.1, 0.15) is 36.6 Å². The predicted molar refractivity (Wildman–Crippen MR) is 115 cm³/mol. The Kier molecular flexibility index (Phi) is 8.38. The third-order valence-electron chi connectivity index (χ3n) is 4.66. The molecule has 0 amide bonds. The van der Waals surface area contributed by atoms with Gasteiger partial charge in [0.15, 0.2) is 0 Å². The summed E-state index contributed by atoms with van der Waals surface area (Å²) in [5.74, 6) is -0.674. The smallest absolute Gasteiger partial charge is 0.338 e. The third-order valence-corrected chi connectivity index (χ3v) is 7.24. The number of hydrogen-bond acceptors (Lipinski definition) is 6. The van der Waals surface area contributed by atoms with E-state index in [-0.39, 0.29) is 24.7 Å². The van der Waals surface area contributed by atoms with Gasteiger partial charge in [0, 0.05) is 24.7 Å². The molecule has 0 saturated heterocycles. The van der Waals surface area contributed by atoms with Gasteiger partial charge in [0.25, 0.3) is 0 Å². The molecule has 0 aliphatic carbocycles.